The Kier molecular flexibility index (Phi) is 11.9. The molecule has 9 heteroatoms. The number of aliphatic hydroxyl groups is 1. The molecule has 214 valence electrons. The van der Waals surface area contributed by atoms with Gasteiger partial charge in [-0.2, -0.15) is 18.7 Å². The topological polar surface area (TPSA) is 44.7 Å². The van der Waals surface area contributed by atoms with Gasteiger partial charge in [0.25, 0.3) is 0 Å². The van der Waals surface area contributed by atoms with Crippen LogP contribution < -0.4 is 5.48 Å². The van der Waals surface area contributed by atoms with Crippen molar-refractivity contribution < 1.29 is 23.1 Å². The van der Waals surface area contributed by atoms with Crippen molar-refractivity contribution in [1.29, 1.82) is 0 Å². The molecule has 1 aliphatic heterocycles. The van der Waals surface area contributed by atoms with Gasteiger partial charge in [0.15, 0.2) is 0 Å². The average Bonchev–Trinajstić information content (AvgIpc) is 2.91. The monoisotopic (exact) mass is 584 g/mol. The van der Waals surface area contributed by atoms with Crippen molar-refractivity contribution in [1.82, 2.24) is 10.4 Å². The molecule has 2 aromatic carbocycles. The smallest absolute Gasteiger partial charge is 0.385 e. The van der Waals surface area contributed by atoms with Crippen molar-refractivity contribution in [2.75, 3.05) is 26.7 Å². The molecule has 4 nitrogen and oxygen atoms in total. The molecule has 0 amide bonds. The number of nitrogens with zero attached hydrogens (tertiary/aromatic N) is 1. The Labute approximate surface area is 239 Å². The molecule has 1 heterocycles. The number of hydrogen-bond acceptors (Lipinski definition) is 4. The summed E-state index contributed by atoms with van der Waals surface area (Å²) in [5, 5.41) is 12.1. The summed E-state index contributed by atoms with van der Waals surface area (Å²) in [5.41, 5.74) is 3.50. The van der Waals surface area contributed by atoms with Crippen LogP contribution in [0.5, 0.6) is 0 Å². The molecule has 1 fully saturated rings. The number of nitrogens with one attached hydrogen (secondary N) is 1. The second-order valence-electron chi connectivity index (χ2n) is 9.96. The van der Waals surface area contributed by atoms with Gasteiger partial charge in [-0.15, -0.1) is 0 Å². The van der Waals surface area contributed by atoms with E-state index >= 15 is 0 Å². The SMILES string of the molecule is C/C=C(\C=C/CCC(NOC)C(CCN1CCC(O)(c2ccccc2)CC1)c1ccc(Cl)c(Cl)c1)C(F)(F)F. The van der Waals surface area contributed by atoms with E-state index in [0.717, 1.165) is 49.3 Å². The van der Waals surface area contributed by atoms with Gasteiger partial charge in [0.1, 0.15) is 0 Å². The van der Waals surface area contributed by atoms with Crippen LogP contribution in [0.25, 0.3) is 0 Å². The lowest BCUT2D eigenvalue weighted by molar-refractivity contribution is -0.0883. The highest BCUT2D eigenvalue weighted by atomic mass is 35.5. The minimum atomic E-state index is -4.38. The largest absolute Gasteiger partial charge is 0.416 e. The van der Waals surface area contributed by atoms with E-state index < -0.39 is 17.4 Å². The standard InChI is InChI=1S/C30H37Cl2F3N2O2/c1-3-23(30(33,34)35)9-7-8-12-28(36-39-2)25(22-13-14-26(31)27(32)21-22)15-18-37-19-16-29(38,17-20-37)24-10-5-4-6-11-24/h3-7,9-11,13-14,21,25,28,36,38H,8,12,15-20H2,1-2H3/b9-7-,23-3+. The van der Waals surface area contributed by atoms with Crippen molar-refractivity contribution in [3.8, 4) is 0 Å². The molecule has 0 spiro atoms. The molecule has 2 aromatic rings. The first-order valence-electron chi connectivity index (χ1n) is 13.2. The molecule has 0 bridgehead atoms. The highest BCUT2D eigenvalue weighted by Crippen LogP contribution is 2.35. The molecule has 2 N–H and O–H groups in total. The Hall–Kier alpha value is -1.87. The lowest BCUT2D eigenvalue weighted by Gasteiger charge is -2.39. The molecule has 0 saturated carbocycles. The van der Waals surface area contributed by atoms with Crippen LogP contribution in [-0.2, 0) is 10.4 Å². The maximum absolute atomic E-state index is 13.1. The number of hydroxylamine groups is 1. The summed E-state index contributed by atoms with van der Waals surface area (Å²) in [6.07, 6.45) is 2.40. The molecule has 0 aliphatic carbocycles. The van der Waals surface area contributed by atoms with Gasteiger partial charge < -0.3 is 14.8 Å². The van der Waals surface area contributed by atoms with Crippen LogP contribution in [0.3, 0.4) is 0 Å². The van der Waals surface area contributed by atoms with Gasteiger partial charge in [0.05, 0.1) is 28.3 Å². The molecule has 1 saturated heterocycles. The van der Waals surface area contributed by atoms with Gasteiger partial charge in [-0.3, -0.25) is 0 Å². The predicted molar refractivity (Wildman–Crippen MR) is 152 cm³/mol. The summed E-state index contributed by atoms with van der Waals surface area (Å²) in [5.74, 6) is -0.0353. The molecule has 3 rings (SSSR count). The van der Waals surface area contributed by atoms with Crippen LogP contribution in [0.2, 0.25) is 10.0 Å². The molecular weight excluding hydrogens is 548 g/mol. The van der Waals surface area contributed by atoms with Crippen molar-refractivity contribution in [3.05, 3.63) is 93.5 Å². The third-order valence-corrected chi connectivity index (χ3v) is 8.20. The van der Waals surface area contributed by atoms with E-state index in [-0.39, 0.29) is 12.0 Å². The Bertz CT molecular complexity index is 1100. The quantitative estimate of drug-likeness (QED) is 0.197. The predicted octanol–water partition coefficient (Wildman–Crippen LogP) is 7.82. The number of alkyl halides is 3. The van der Waals surface area contributed by atoms with E-state index in [1.165, 1.54) is 14.0 Å². The summed E-state index contributed by atoms with van der Waals surface area (Å²) in [7, 11) is 1.53. The van der Waals surface area contributed by atoms with Crippen LogP contribution >= 0.6 is 23.2 Å². The number of benzene rings is 2. The summed E-state index contributed by atoms with van der Waals surface area (Å²) in [6, 6.07) is 15.1. The van der Waals surface area contributed by atoms with Gasteiger partial charge in [-0.25, -0.2) is 0 Å². The molecule has 2 atom stereocenters. The third-order valence-electron chi connectivity index (χ3n) is 7.46. The number of piperidine rings is 1. The highest BCUT2D eigenvalue weighted by Gasteiger charge is 2.34. The Balaban J connectivity index is 1.70. The van der Waals surface area contributed by atoms with E-state index in [9.17, 15) is 18.3 Å². The zero-order chi connectivity index (χ0) is 28.5. The van der Waals surface area contributed by atoms with Gasteiger partial charge in [0.2, 0.25) is 0 Å². The molecule has 0 radical (unpaired) electrons. The van der Waals surface area contributed by atoms with Crippen LogP contribution in [0.4, 0.5) is 13.2 Å². The number of rotatable bonds is 12. The summed E-state index contributed by atoms with van der Waals surface area (Å²) >= 11 is 12.5. The number of halogens is 5. The number of likely N-dealkylation sites (tertiary alicyclic amines) is 1. The summed E-state index contributed by atoms with van der Waals surface area (Å²) < 4.78 is 39.2. The molecule has 0 aromatic heterocycles. The number of allylic oxidation sites excluding steroid dienone is 4. The van der Waals surface area contributed by atoms with Gasteiger partial charge >= 0.3 is 6.18 Å². The summed E-state index contributed by atoms with van der Waals surface area (Å²) in [4.78, 5) is 7.65. The lowest BCUT2D eigenvalue weighted by Crippen LogP contribution is -2.44. The molecule has 2 unspecified atom stereocenters. The van der Waals surface area contributed by atoms with Crippen LogP contribution in [-0.4, -0.2) is 49.0 Å². The van der Waals surface area contributed by atoms with Gasteiger partial charge in [0, 0.05) is 25.0 Å². The van der Waals surface area contributed by atoms with Crippen molar-refractivity contribution in [3.63, 3.8) is 0 Å². The Morgan fingerprint density at radius 2 is 1.79 bits per heavy atom. The molecular formula is C30H37Cl2F3N2O2. The first-order chi connectivity index (χ1) is 18.6. The molecule has 1 aliphatic rings. The lowest BCUT2D eigenvalue weighted by atomic mass is 9.83. The van der Waals surface area contributed by atoms with E-state index in [2.05, 4.69) is 10.4 Å². The normalized spacial score (nSPS) is 18.4. The minimum Gasteiger partial charge on any atom is -0.385 e. The van der Waals surface area contributed by atoms with E-state index in [1.807, 2.05) is 42.5 Å². The second kappa shape index (κ2) is 14.7. The maximum Gasteiger partial charge on any atom is 0.416 e. The fraction of sp³-hybridized carbons (Fsp3) is 0.467. The molecule has 39 heavy (non-hydrogen) atoms. The first kappa shape index (κ1) is 31.7. The van der Waals surface area contributed by atoms with Crippen molar-refractivity contribution in [2.24, 2.45) is 0 Å². The van der Waals surface area contributed by atoms with E-state index in [1.54, 1.807) is 12.1 Å². The zero-order valence-electron chi connectivity index (χ0n) is 22.4. The number of hydrogen-bond donors (Lipinski definition) is 2. The van der Waals surface area contributed by atoms with Crippen molar-refractivity contribution in [2.45, 2.75) is 62.8 Å². The van der Waals surface area contributed by atoms with Crippen LogP contribution in [0.15, 0.2) is 72.3 Å². The fourth-order valence-corrected chi connectivity index (χ4v) is 5.49. The fourth-order valence-electron chi connectivity index (χ4n) is 5.18. The second-order valence-corrected chi connectivity index (χ2v) is 10.8. The van der Waals surface area contributed by atoms with Crippen LogP contribution in [0.1, 0.15) is 56.1 Å². The zero-order valence-corrected chi connectivity index (χ0v) is 23.9. The van der Waals surface area contributed by atoms with Gasteiger partial charge in [-0.1, -0.05) is 77.8 Å². The Morgan fingerprint density at radius 1 is 1.10 bits per heavy atom. The maximum atomic E-state index is 13.1. The van der Waals surface area contributed by atoms with Crippen molar-refractivity contribution >= 4 is 23.2 Å². The van der Waals surface area contributed by atoms with E-state index in [0.29, 0.717) is 35.7 Å². The Morgan fingerprint density at radius 3 is 2.38 bits per heavy atom. The van der Waals surface area contributed by atoms with Gasteiger partial charge in [-0.05, 0) is 68.8 Å². The minimum absolute atomic E-state index is 0.0353. The summed E-state index contributed by atoms with van der Waals surface area (Å²) in [6.45, 7) is 3.68. The highest BCUT2D eigenvalue weighted by molar-refractivity contribution is 6.42. The average molecular weight is 586 g/mol. The third kappa shape index (κ3) is 9.07. The van der Waals surface area contributed by atoms with Crippen LogP contribution in [0, 0.1) is 0 Å². The van der Waals surface area contributed by atoms with E-state index in [4.69, 9.17) is 28.0 Å². The first-order valence-corrected chi connectivity index (χ1v) is 14.0.